The molecule has 0 unspecified atom stereocenters. The molecular weight excluding hydrogens is 490 g/mol. The summed E-state index contributed by atoms with van der Waals surface area (Å²) in [6.45, 7) is 0.569. The van der Waals surface area contributed by atoms with Crippen LogP contribution in [-0.2, 0) is 28.9 Å². The first kappa shape index (κ1) is 25.0. The van der Waals surface area contributed by atoms with Gasteiger partial charge in [-0.05, 0) is 54.2 Å². The van der Waals surface area contributed by atoms with Crippen LogP contribution in [0.4, 0.5) is 0 Å². The summed E-state index contributed by atoms with van der Waals surface area (Å²) in [5, 5.41) is 1.14. The van der Waals surface area contributed by atoms with Crippen molar-refractivity contribution in [3.8, 4) is 11.5 Å². The van der Waals surface area contributed by atoms with Crippen LogP contribution >= 0.6 is 0 Å². The van der Waals surface area contributed by atoms with Crippen LogP contribution < -0.4 is 9.47 Å². The fourth-order valence-corrected chi connectivity index (χ4v) is 6.18. The van der Waals surface area contributed by atoms with Gasteiger partial charge in [0.2, 0.25) is 11.8 Å². The van der Waals surface area contributed by atoms with Crippen LogP contribution in [0.15, 0.2) is 72.8 Å². The Hall–Kier alpha value is -4.26. The summed E-state index contributed by atoms with van der Waals surface area (Å²) in [5.74, 6) is 1.35. The average molecular weight is 524 g/mol. The molecule has 200 valence electrons. The lowest BCUT2D eigenvalue weighted by Crippen LogP contribution is -2.63. The molecular formula is C32H33N3O4. The number of nitrogens with zero attached hydrogens (tertiary/aromatic N) is 2. The van der Waals surface area contributed by atoms with Crippen LogP contribution in [0.3, 0.4) is 0 Å². The predicted octanol–water partition coefficient (Wildman–Crippen LogP) is 4.70. The van der Waals surface area contributed by atoms with Crippen molar-refractivity contribution >= 4 is 22.7 Å². The fourth-order valence-electron chi connectivity index (χ4n) is 6.18. The third-order valence-corrected chi connectivity index (χ3v) is 8.13. The number of H-pyrrole nitrogens is 1. The van der Waals surface area contributed by atoms with Gasteiger partial charge in [-0.15, -0.1) is 0 Å². The van der Waals surface area contributed by atoms with Crippen LogP contribution in [0.25, 0.3) is 10.9 Å². The molecule has 2 aliphatic heterocycles. The normalized spacial score (nSPS) is 18.7. The Kier molecular flexibility index (Phi) is 6.73. The van der Waals surface area contributed by atoms with Crippen molar-refractivity contribution in [2.75, 3.05) is 27.3 Å². The van der Waals surface area contributed by atoms with Gasteiger partial charge in [-0.2, -0.15) is 0 Å². The molecule has 2 amide bonds. The molecule has 2 aliphatic rings. The van der Waals surface area contributed by atoms with E-state index < -0.39 is 6.04 Å². The molecule has 0 bridgehead atoms. The summed E-state index contributed by atoms with van der Waals surface area (Å²) in [6, 6.07) is 23.7. The summed E-state index contributed by atoms with van der Waals surface area (Å²) >= 11 is 0. The first-order valence-electron chi connectivity index (χ1n) is 13.5. The highest BCUT2D eigenvalue weighted by Gasteiger charge is 2.47. The number of amides is 2. The zero-order chi connectivity index (χ0) is 26.9. The predicted molar refractivity (Wildman–Crippen MR) is 150 cm³/mol. The third-order valence-electron chi connectivity index (χ3n) is 8.13. The maximum atomic E-state index is 13.9. The van der Waals surface area contributed by atoms with Crippen LogP contribution in [0.2, 0.25) is 0 Å². The third kappa shape index (κ3) is 4.62. The summed E-state index contributed by atoms with van der Waals surface area (Å²) in [4.78, 5) is 34.8. The van der Waals surface area contributed by atoms with Gasteiger partial charge in [0.25, 0.3) is 0 Å². The number of carbonyl (C=O) groups excluding carboxylic acids is 2. The number of fused-ring (bicyclic) bond motifs is 4. The average Bonchev–Trinajstić information content (AvgIpc) is 3.35. The highest BCUT2D eigenvalue weighted by atomic mass is 16.5. The van der Waals surface area contributed by atoms with Crippen molar-refractivity contribution in [2.45, 2.75) is 37.8 Å². The van der Waals surface area contributed by atoms with E-state index in [0.717, 1.165) is 40.6 Å². The highest BCUT2D eigenvalue weighted by Crippen LogP contribution is 2.41. The Balaban J connectivity index is 1.27. The maximum Gasteiger partial charge on any atom is 0.246 e. The number of aryl methyl sites for hydroxylation is 1. The minimum Gasteiger partial charge on any atom is -0.493 e. The number of carbonyl (C=O) groups is 2. The Morgan fingerprint density at radius 1 is 0.872 bits per heavy atom. The van der Waals surface area contributed by atoms with E-state index >= 15 is 0 Å². The lowest BCUT2D eigenvalue weighted by Gasteiger charge is -2.47. The lowest BCUT2D eigenvalue weighted by molar-refractivity contribution is -0.159. The lowest BCUT2D eigenvalue weighted by atomic mass is 9.86. The van der Waals surface area contributed by atoms with E-state index in [0.29, 0.717) is 30.9 Å². The van der Waals surface area contributed by atoms with Gasteiger partial charge >= 0.3 is 0 Å². The van der Waals surface area contributed by atoms with Crippen molar-refractivity contribution in [1.82, 2.24) is 14.8 Å². The van der Waals surface area contributed by atoms with Crippen molar-refractivity contribution in [3.63, 3.8) is 0 Å². The van der Waals surface area contributed by atoms with Gasteiger partial charge in [-0.25, -0.2) is 0 Å². The van der Waals surface area contributed by atoms with Crippen molar-refractivity contribution < 1.29 is 19.1 Å². The second-order valence-corrected chi connectivity index (χ2v) is 10.3. The van der Waals surface area contributed by atoms with Crippen molar-refractivity contribution in [1.29, 1.82) is 0 Å². The van der Waals surface area contributed by atoms with Gasteiger partial charge in [-0.1, -0.05) is 54.6 Å². The number of aromatic amines is 1. The molecule has 2 atom stereocenters. The molecule has 0 saturated carbocycles. The molecule has 1 saturated heterocycles. The second-order valence-electron chi connectivity index (χ2n) is 10.3. The van der Waals surface area contributed by atoms with Gasteiger partial charge in [0.1, 0.15) is 6.04 Å². The van der Waals surface area contributed by atoms with Crippen molar-refractivity contribution in [2.24, 2.45) is 0 Å². The minimum atomic E-state index is -0.496. The maximum absolute atomic E-state index is 13.9. The Morgan fingerprint density at radius 3 is 2.44 bits per heavy atom. The monoisotopic (exact) mass is 523 g/mol. The number of nitrogens with one attached hydrogen (secondary N) is 1. The number of ether oxygens (including phenoxy) is 2. The minimum absolute atomic E-state index is 0.00859. The molecule has 1 N–H and O–H groups in total. The number of para-hydroxylation sites is 1. The molecule has 0 aliphatic carbocycles. The Bertz CT molecular complexity index is 1510. The number of benzene rings is 3. The standard InChI is InChI=1S/C32H33N3O4/c1-38-28-15-13-22(18-29(28)39-2)16-17-34-20-30(36)35-26(14-12-21-8-4-3-5-9-21)31-24(19-27(35)32(34)37)23-10-6-7-11-25(23)33-31/h3-11,13,15,18,26-27,33H,12,14,16-17,19-20H2,1-2H3/t26-,27-/m0/s1. The van der Waals surface area contributed by atoms with Crippen molar-refractivity contribution in [3.05, 3.63) is 95.2 Å². The molecule has 39 heavy (non-hydrogen) atoms. The summed E-state index contributed by atoms with van der Waals surface area (Å²) in [7, 11) is 3.22. The van der Waals surface area contributed by atoms with E-state index in [4.69, 9.17) is 9.47 Å². The van der Waals surface area contributed by atoms with Gasteiger partial charge in [0.15, 0.2) is 11.5 Å². The van der Waals surface area contributed by atoms with E-state index in [-0.39, 0.29) is 24.4 Å². The van der Waals surface area contributed by atoms with Gasteiger partial charge in [-0.3, -0.25) is 9.59 Å². The van der Waals surface area contributed by atoms with Gasteiger partial charge in [0.05, 0.1) is 26.8 Å². The Labute approximate surface area is 228 Å². The summed E-state index contributed by atoms with van der Waals surface area (Å²) in [6.07, 6.45) is 2.74. The molecule has 3 aromatic carbocycles. The van der Waals surface area contributed by atoms with E-state index in [9.17, 15) is 9.59 Å². The fraction of sp³-hybridized carbons (Fsp3) is 0.312. The van der Waals surface area contributed by atoms with E-state index in [1.165, 1.54) is 5.56 Å². The first-order valence-corrected chi connectivity index (χ1v) is 13.5. The molecule has 1 fully saturated rings. The van der Waals surface area contributed by atoms with E-state index in [1.54, 1.807) is 19.1 Å². The van der Waals surface area contributed by atoms with Gasteiger partial charge < -0.3 is 24.3 Å². The SMILES string of the molecule is COc1ccc(CCN2CC(=O)N3[C@@H](Cc4c([nH]c5ccccc45)[C@@H]3CCc3ccccc3)C2=O)cc1OC. The number of piperazine rings is 1. The van der Waals surface area contributed by atoms with Crippen LogP contribution in [-0.4, -0.2) is 59.9 Å². The van der Waals surface area contributed by atoms with Crippen LogP contribution in [0.1, 0.15) is 34.8 Å². The number of hydrogen-bond donors (Lipinski definition) is 1. The largest absolute Gasteiger partial charge is 0.493 e. The van der Waals surface area contributed by atoms with Crippen LogP contribution in [0, 0.1) is 0 Å². The molecule has 3 heterocycles. The number of hydrogen-bond acceptors (Lipinski definition) is 4. The quantitative estimate of drug-likeness (QED) is 0.363. The Morgan fingerprint density at radius 2 is 1.64 bits per heavy atom. The summed E-state index contributed by atoms with van der Waals surface area (Å²) < 4.78 is 10.8. The molecule has 1 aromatic heterocycles. The summed E-state index contributed by atoms with van der Waals surface area (Å²) in [5.41, 5.74) is 5.54. The molecule has 6 rings (SSSR count). The zero-order valence-corrected chi connectivity index (χ0v) is 22.4. The van der Waals surface area contributed by atoms with Gasteiger partial charge in [0, 0.05) is 29.6 Å². The zero-order valence-electron chi connectivity index (χ0n) is 22.4. The van der Waals surface area contributed by atoms with E-state index in [1.807, 2.05) is 53.4 Å². The topological polar surface area (TPSA) is 74.9 Å². The molecule has 7 heteroatoms. The van der Waals surface area contributed by atoms with Crippen LogP contribution in [0.5, 0.6) is 11.5 Å². The number of aromatic nitrogens is 1. The van der Waals surface area contributed by atoms with E-state index in [2.05, 4.69) is 29.2 Å². The molecule has 4 aromatic rings. The molecule has 0 radical (unpaired) electrons. The molecule has 7 nitrogen and oxygen atoms in total. The first-order chi connectivity index (χ1) is 19.1. The smallest absolute Gasteiger partial charge is 0.246 e. The number of rotatable bonds is 8. The number of methoxy groups -OCH3 is 2. The highest BCUT2D eigenvalue weighted by molar-refractivity contribution is 5.97. The second kappa shape index (κ2) is 10.5. The molecule has 0 spiro atoms.